The van der Waals surface area contributed by atoms with Crippen molar-refractivity contribution in [3.8, 4) is 0 Å². The van der Waals surface area contributed by atoms with Crippen molar-refractivity contribution < 1.29 is 4.92 Å². The van der Waals surface area contributed by atoms with Gasteiger partial charge in [-0.05, 0) is 13.0 Å². The maximum absolute atomic E-state index is 10.9. The number of fused-ring (bicyclic) bond motifs is 1. The van der Waals surface area contributed by atoms with Crippen LogP contribution in [-0.4, -0.2) is 51.0 Å². The zero-order chi connectivity index (χ0) is 17.4. The summed E-state index contributed by atoms with van der Waals surface area (Å²) in [5.41, 5.74) is 2.62. The second kappa shape index (κ2) is 6.41. The molecule has 130 valence electrons. The van der Waals surface area contributed by atoms with Gasteiger partial charge in [-0.15, -0.1) is 11.3 Å². The van der Waals surface area contributed by atoms with Crippen molar-refractivity contribution in [1.29, 1.82) is 0 Å². The second-order valence-electron chi connectivity index (χ2n) is 6.18. The number of H-pyrrole nitrogens is 1. The molecule has 3 aromatic rings. The molecule has 1 aliphatic rings. The average molecular weight is 358 g/mol. The van der Waals surface area contributed by atoms with Crippen LogP contribution in [0.1, 0.15) is 11.5 Å². The zero-order valence-corrected chi connectivity index (χ0v) is 14.6. The first-order chi connectivity index (χ1) is 12.1. The number of non-ortho nitro benzene ring substituents is 1. The number of nitro groups is 1. The molecule has 25 heavy (non-hydrogen) atoms. The predicted molar refractivity (Wildman–Crippen MR) is 97.1 cm³/mol. The number of hydrogen-bond donors (Lipinski definition) is 1. The van der Waals surface area contributed by atoms with Crippen LogP contribution >= 0.6 is 11.3 Å². The van der Waals surface area contributed by atoms with Gasteiger partial charge >= 0.3 is 0 Å². The highest BCUT2D eigenvalue weighted by atomic mass is 32.1. The van der Waals surface area contributed by atoms with Crippen molar-refractivity contribution in [2.24, 2.45) is 0 Å². The van der Waals surface area contributed by atoms with Crippen LogP contribution in [0.3, 0.4) is 0 Å². The molecule has 0 aliphatic carbocycles. The molecule has 0 amide bonds. The molecule has 4 rings (SSSR count). The van der Waals surface area contributed by atoms with Crippen LogP contribution in [0.15, 0.2) is 23.6 Å². The van der Waals surface area contributed by atoms with Crippen LogP contribution in [0.4, 0.5) is 10.8 Å². The molecule has 0 spiro atoms. The van der Waals surface area contributed by atoms with E-state index >= 15 is 0 Å². The van der Waals surface area contributed by atoms with Gasteiger partial charge in [-0.1, -0.05) is 0 Å². The molecule has 9 heteroatoms. The van der Waals surface area contributed by atoms with Gasteiger partial charge in [0.15, 0.2) is 5.13 Å². The lowest BCUT2D eigenvalue weighted by molar-refractivity contribution is -0.384. The van der Waals surface area contributed by atoms with Gasteiger partial charge < -0.3 is 9.88 Å². The van der Waals surface area contributed by atoms with E-state index in [0.29, 0.717) is 12.1 Å². The summed E-state index contributed by atoms with van der Waals surface area (Å²) in [6.45, 7) is 6.50. The van der Waals surface area contributed by atoms with E-state index in [-0.39, 0.29) is 10.6 Å². The highest BCUT2D eigenvalue weighted by molar-refractivity contribution is 7.13. The minimum Gasteiger partial charge on any atom is -0.346 e. The Balaban J connectivity index is 1.41. The van der Waals surface area contributed by atoms with E-state index in [9.17, 15) is 10.1 Å². The maximum Gasteiger partial charge on any atom is 0.271 e. The van der Waals surface area contributed by atoms with Crippen LogP contribution in [0.2, 0.25) is 0 Å². The van der Waals surface area contributed by atoms with E-state index in [1.807, 2.05) is 6.92 Å². The number of hydrogen-bond acceptors (Lipinski definition) is 7. The number of aromatic nitrogens is 3. The van der Waals surface area contributed by atoms with Gasteiger partial charge in [-0.3, -0.25) is 15.0 Å². The number of benzene rings is 1. The number of imidazole rings is 1. The Morgan fingerprint density at radius 3 is 2.76 bits per heavy atom. The smallest absolute Gasteiger partial charge is 0.271 e. The Hall–Kier alpha value is -2.52. The van der Waals surface area contributed by atoms with Crippen molar-refractivity contribution in [1.82, 2.24) is 19.9 Å². The molecule has 1 fully saturated rings. The first-order valence-electron chi connectivity index (χ1n) is 8.11. The number of thiazole rings is 1. The Labute approximate surface area is 148 Å². The number of piperazine rings is 1. The van der Waals surface area contributed by atoms with Gasteiger partial charge in [0, 0.05) is 43.7 Å². The van der Waals surface area contributed by atoms with Gasteiger partial charge in [-0.2, -0.15) is 0 Å². The Kier molecular flexibility index (Phi) is 4.10. The van der Waals surface area contributed by atoms with Crippen LogP contribution in [0.25, 0.3) is 11.0 Å². The van der Waals surface area contributed by atoms with Crippen molar-refractivity contribution in [3.63, 3.8) is 0 Å². The highest BCUT2D eigenvalue weighted by Gasteiger charge is 2.20. The summed E-state index contributed by atoms with van der Waals surface area (Å²) in [7, 11) is 0. The van der Waals surface area contributed by atoms with Crippen molar-refractivity contribution in [3.05, 3.63) is 45.2 Å². The van der Waals surface area contributed by atoms with E-state index < -0.39 is 0 Å². The van der Waals surface area contributed by atoms with Gasteiger partial charge in [0.1, 0.15) is 5.82 Å². The first-order valence-corrected chi connectivity index (χ1v) is 8.99. The summed E-state index contributed by atoms with van der Waals surface area (Å²) >= 11 is 1.69. The second-order valence-corrected chi connectivity index (χ2v) is 7.01. The standard InChI is InChI=1S/C16H18N6O2S/c1-11-10-25-16(17-11)21-6-4-20(5-7-21)9-15-18-13-3-2-12(22(23)24)8-14(13)19-15/h2-3,8,10H,4-7,9H2,1H3,(H,18,19). The van der Waals surface area contributed by atoms with Crippen molar-refractivity contribution in [2.75, 3.05) is 31.1 Å². The lowest BCUT2D eigenvalue weighted by Gasteiger charge is -2.34. The molecule has 0 atom stereocenters. The summed E-state index contributed by atoms with van der Waals surface area (Å²) in [6, 6.07) is 4.71. The molecular formula is C16H18N6O2S. The summed E-state index contributed by atoms with van der Waals surface area (Å²) in [6.07, 6.45) is 0. The number of rotatable bonds is 4. The maximum atomic E-state index is 10.9. The van der Waals surface area contributed by atoms with Gasteiger partial charge in [0.2, 0.25) is 0 Å². The topological polar surface area (TPSA) is 91.2 Å². The van der Waals surface area contributed by atoms with E-state index in [1.54, 1.807) is 17.4 Å². The number of aryl methyl sites for hydroxylation is 1. The molecule has 0 radical (unpaired) electrons. The molecule has 1 N–H and O–H groups in total. The molecule has 1 aromatic carbocycles. The summed E-state index contributed by atoms with van der Waals surface area (Å²) in [5, 5.41) is 14.0. The van der Waals surface area contributed by atoms with Crippen LogP contribution in [0, 0.1) is 17.0 Å². The van der Waals surface area contributed by atoms with Gasteiger partial charge in [0.25, 0.3) is 5.69 Å². The molecule has 2 aromatic heterocycles. The fourth-order valence-corrected chi connectivity index (χ4v) is 3.89. The fourth-order valence-electron chi connectivity index (χ4n) is 3.03. The molecular weight excluding hydrogens is 340 g/mol. The summed E-state index contributed by atoms with van der Waals surface area (Å²) in [4.78, 5) is 27.4. The Morgan fingerprint density at radius 1 is 1.28 bits per heavy atom. The average Bonchev–Trinajstić information content (AvgIpc) is 3.20. The fraction of sp³-hybridized carbons (Fsp3) is 0.375. The van der Waals surface area contributed by atoms with Crippen LogP contribution in [-0.2, 0) is 6.54 Å². The molecule has 1 aliphatic heterocycles. The SMILES string of the molecule is Cc1csc(N2CCN(Cc3nc4ccc([N+](=O)[O-])cc4[nH]3)CC2)n1. The van der Waals surface area contributed by atoms with E-state index in [1.165, 1.54) is 12.1 Å². The van der Waals surface area contributed by atoms with Crippen molar-refractivity contribution >= 4 is 33.2 Å². The number of aromatic amines is 1. The normalized spacial score (nSPS) is 15.8. The predicted octanol–water partition coefficient (Wildman–Crippen LogP) is 2.56. The molecule has 8 nitrogen and oxygen atoms in total. The molecule has 3 heterocycles. The van der Waals surface area contributed by atoms with E-state index in [0.717, 1.165) is 48.3 Å². The Bertz CT molecular complexity index is 912. The summed E-state index contributed by atoms with van der Waals surface area (Å²) < 4.78 is 0. The quantitative estimate of drug-likeness (QED) is 0.569. The third-order valence-corrected chi connectivity index (χ3v) is 5.37. The largest absolute Gasteiger partial charge is 0.346 e. The number of nitrogens with one attached hydrogen (secondary N) is 1. The monoisotopic (exact) mass is 358 g/mol. The number of nitro benzene ring substituents is 1. The molecule has 0 bridgehead atoms. The van der Waals surface area contributed by atoms with E-state index in [2.05, 4.69) is 30.1 Å². The molecule has 0 unspecified atom stereocenters. The third-order valence-electron chi connectivity index (χ3n) is 4.35. The van der Waals surface area contributed by atoms with Crippen LogP contribution < -0.4 is 4.90 Å². The Morgan fingerprint density at radius 2 is 2.08 bits per heavy atom. The van der Waals surface area contributed by atoms with Gasteiger partial charge in [0.05, 0.1) is 28.2 Å². The highest BCUT2D eigenvalue weighted by Crippen LogP contribution is 2.22. The lowest BCUT2D eigenvalue weighted by Crippen LogP contribution is -2.46. The van der Waals surface area contributed by atoms with Crippen molar-refractivity contribution in [2.45, 2.75) is 13.5 Å². The minimum atomic E-state index is -0.389. The minimum absolute atomic E-state index is 0.0788. The molecule has 1 saturated heterocycles. The van der Waals surface area contributed by atoms with Gasteiger partial charge in [-0.25, -0.2) is 9.97 Å². The zero-order valence-electron chi connectivity index (χ0n) is 13.8. The van der Waals surface area contributed by atoms with E-state index in [4.69, 9.17) is 0 Å². The number of anilines is 1. The third kappa shape index (κ3) is 3.33. The van der Waals surface area contributed by atoms with Crippen LogP contribution in [0.5, 0.6) is 0 Å². The molecule has 0 saturated carbocycles. The summed E-state index contributed by atoms with van der Waals surface area (Å²) in [5.74, 6) is 0.842. The first kappa shape index (κ1) is 16.0. The lowest BCUT2D eigenvalue weighted by atomic mass is 10.3. The number of nitrogens with zero attached hydrogens (tertiary/aromatic N) is 5.